The maximum absolute atomic E-state index is 6.41. The number of benzene rings is 2. The first-order chi connectivity index (χ1) is 9.27. The molecule has 3 rings (SSSR count). The van der Waals surface area contributed by atoms with Crippen molar-refractivity contribution in [2.45, 2.75) is 6.04 Å². The lowest BCUT2D eigenvalue weighted by Gasteiger charge is -2.16. The smallest absolute Gasteiger partial charge is 0.0753 e. The molecular weight excluding hydrogens is 300 g/mol. The van der Waals surface area contributed by atoms with Crippen LogP contribution in [-0.2, 0) is 0 Å². The first-order valence-corrected chi connectivity index (χ1v) is 6.90. The molecule has 0 aliphatic rings. The number of hydrogen-bond donors (Lipinski definition) is 1. The number of nitrogens with two attached hydrogens (primary N) is 1. The Bertz CT molecular complexity index is 719. The first kappa shape index (κ1) is 12.3. The fraction of sp³-hybridized carbons (Fsp3) is 0.0625. The molecule has 1 unspecified atom stereocenters. The van der Waals surface area contributed by atoms with Gasteiger partial charge in [-0.1, -0.05) is 58.4 Å². The second kappa shape index (κ2) is 5.11. The standard InChI is InChI=1S/C16H13BrN2/c17-14-9-2-1-7-12(14)15(18)13-8-3-5-11-6-4-10-19-16(11)13/h1-10,15H,18H2. The molecule has 2 nitrogen and oxygen atoms in total. The van der Waals surface area contributed by atoms with Crippen LogP contribution in [0, 0.1) is 0 Å². The molecule has 0 amide bonds. The van der Waals surface area contributed by atoms with Crippen molar-refractivity contribution >= 4 is 26.8 Å². The molecule has 0 saturated carbocycles. The van der Waals surface area contributed by atoms with Gasteiger partial charge in [-0.25, -0.2) is 0 Å². The van der Waals surface area contributed by atoms with Crippen molar-refractivity contribution in [3.05, 3.63) is 76.4 Å². The Kier molecular flexibility index (Phi) is 3.32. The maximum atomic E-state index is 6.41. The summed E-state index contributed by atoms with van der Waals surface area (Å²) in [7, 11) is 0. The number of para-hydroxylation sites is 1. The molecule has 0 spiro atoms. The Morgan fingerprint density at radius 2 is 1.63 bits per heavy atom. The van der Waals surface area contributed by atoms with Crippen LogP contribution in [-0.4, -0.2) is 4.98 Å². The van der Waals surface area contributed by atoms with Gasteiger partial charge in [-0.15, -0.1) is 0 Å². The minimum atomic E-state index is -0.186. The van der Waals surface area contributed by atoms with Gasteiger partial charge in [0.05, 0.1) is 11.6 Å². The fourth-order valence-corrected chi connectivity index (χ4v) is 2.81. The molecule has 3 heteroatoms. The van der Waals surface area contributed by atoms with E-state index in [1.807, 2.05) is 42.5 Å². The molecule has 0 radical (unpaired) electrons. The van der Waals surface area contributed by atoms with Gasteiger partial charge in [0.15, 0.2) is 0 Å². The summed E-state index contributed by atoms with van der Waals surface area (Å²) >= 11 is 3.56. The fourth-order valence-electron chi connectivity index (χ4n) is 2.27. The highest BCUT2D eigenvalue weighted by atomic mass is 79.9. The molecule has 94 valence electrons. The van der Waals surface area contributed by atoms with Gasteiger partial charge in [0, 0.05) is 16.1 Å². The van der Waals surface area contributed by atoms with Crippen molar-refractivity contribution in [1.82, 2.24) is 4.98 Å². The highest BCUT2D eigenvalue weighted by molar-refractivity contribution is 9.10. The quantitative estimate of drug-likeness (QED) is 0.775. The van der Waals surface area contributed by atoms with E-state index in [4.69, 9.17) is 5.73 Å². The lowest BCUT2D eigenvalue weighted by Crippen LogP contribution is -2.13. The summed E-state index contributed by atoms with van der Waals surface area (Å²) in [5.41, 5.74) is 9.50. The topological polar surface area (TPSA) is 38.9 Å². The number of fused-ring (bicyclic) bond motifs is 1. The Hall–Kier alpha value is -1.71. The predicted octanol–water partition coefficient (Wildman–Crippen LogP) is 4.05. The van der Waals surface area contributed by atoms with Crippen molar-refractivity contribution in [2.75, 3.05) is 0 Å². The SMILES string of the molecule is NC(c1ccccc1Br)c1cccc2cccnc12. The lowest BCUT2D eigenvalue weighted by atomic mass is 9.97. The number of aromatic nitrogens is 1. The average Bonchev–Trinajstić information content (AvgIpc) is 2.46. The monoisotopic (exact) mass is 312 g/mol. The zero-order valence-corrected chi connectivity index (χ0v) is 11.8. The van der Waals surface area contributed by atoms with Gasteiger partial charge in [-0.2, -0.15) is 0 Å². The molecule has 19 heavy (non-hydrogen) atoms. The molecule has 3 aromatic rings. The van der Waals surface area contributed by atoms with Crippen LogP contribution in [0.1, 0.15) is 17.2 Å². The van der Waals surface area contributed by atoms with E-state index in [0.717, 1.165) is 26.5 Å². The van der Waals surface area contributed by atoms with Crippen molar-refractivity contribution in [3.63, 3.8) is 0 Å². The van der Waals surface area contributed by atoms with E-state index in [9.17, 15) is 0 Å². The van der Waals surface area contributed by atoms with Gasteiger partial charge in [0.25, 0.3) is 0 Å². The third-order valence-corrected chi connectivity index (χ3v) is 3.96. The first-order valence-electron chi connectivity index (χ1n) is 6.11. The number of nitrogens with zero attached hydrogens (tertiary/aromatic N) is 1. The largest absolute Gasteiger partial charge is 0.320 e. The van der Waals surface area contributed by atoms with Gasteiger partial charge in [0.1, 0.15) is 0 Å². The van der Waals surface area contributed by atoms with Crippen molar-refractivity contribution in [3.8, 4) is 0 Å². The third kappa shape index (κ3) is 2.27. The maximum Gasteiger partial charge on any atom is 0.0753 e. The molecular formula is C16H13BrN2. The molecule has 0 saturated heterocycles. The van der Waals surface area contributed by atoms with E-state index in [1.165, 1.54) is 0 Å². The highest BCUT2D eigenvalue weighted by Crippen LogP contribution is 2.29. The van der Waals surface area contributed by atoms with Gasteiger partial charge >= 0.3 is 0 Å². The number of pyridine rings is 1. The molecule has 1 heterocycles. The zero-order valence-electron chi connectivity index (χ0n) is 10.3. The highest BCUT2D eigenvalue weighted by Gasteiger charge is 2.14. The van der Waals surface area contributed by atoms with Crippen molar-refractivity contribution < 1.29 is 0 Å². The average molecular weight is 313 g/mol. The van der Waals surface area contributed by atoms with E-state index in [2.05, 4.69) is 33.0 Å². The van der Waals surface area contributed by atoms with E-state index in [-0.39, 0.29) is 6.04 Å². The summed E-state index contributed by atoms with van der Waals surface area (Å²) in [4.78, 5) is 4.46. The van der Waals surface area contributed by atoms with Crippen molar-refractivity contribution in [2.24, 2.45) is 5.73 Å². The number of hydrogen-bond acceptors (Lipinski definition) is 2. The Labute approximate surface area is 120 Å². The summed E-state index contributed by atoms with van der Waals surface area (Å²) in [5, 5.41) is 1.11. The lowest BCUT2D eigenvalue weighted by molar-refractivity contribution is 0.871. The van der Waals surface area contributed by atoms with Crippen LogP contribution in [0.15, 0.2) is 65.3 Å². The van der Waals surface area contributed by atoms with Gasteiger partial charge in [0.2, 0.25) is 0 Å². The molecule has 0 fully saturated rings. The summed E-state index contributed by atoms with van der Waals surface area (Å²) in [6.07, 6.45) is 1.80. The molecule has 1 atom stereocenters. The van der Waals surface area contributed by atoms with Crippen LogP contribution < -0.4 is 5.73 Å². The zero-order chi connectivity index (χ0) is 13.2. The van der Waals surface area contributed by atoms with E-state index in [0.29, 0.717) is 0 Å². The molecule has 0 bridgehead atoms. The second-order valence-corrected chi connectivity index (χ2v) is 5.28. The van der Waals surface area contributed by atoms with Gasteiger partial charge < -0.3 is 5.73 Å². The third-order valence-electron chi connectivity index (χ3n) is 3.24. The minimum absolute atomic E-state index is 0.186. The van der Waals surface area contributed by atoms with Crippen LogP contribution in [0.5, 0.6) is 0 Å². The van der Waals surface area contributed by atoms with E-state index in [1.54, 1.807) is 6.20 Å². The predicted molar refractivity (Wildman–Crippen MR) is 81.9 cm³/mol. The summed E-state index contributed by atoms with van der Waals surface area (Å²) in [6.45, 7) is 0. The molecule has 1 aromatic heterocycles. The van der Waals surface area contributed by atoms with Crippen LogP contribution >= 0.6 is 15.9 Å². The summed E-state index contributed by atoms with van der Waals surface area (Å²) in [5.74, 6) is 0. The van der Waals surface area contributed by atoms with Crippen molar-refractivity contribution in [1.29, 1.82) is 0 Å². The Morgan fingerprint density at radius 1 is 0.895 bits per heavy atom. The van der Waals surface area contributed by atoms with Crippen LogP contribution in [0.25, 0.3) is 10.9 Å². The van der Waals surface area contributed by atoms with Crippen LogP contribution in [0.4, 0.5) is 0 Å². The molecule has 2 aromatic carbocycles. The normalized spacial score (nSPS) is 12.5. The van der Waals surface area contributed by atoms with E-state index < -0.39 is 0 Å². The van der Waals surface area contributed by atoms with Gasteiger partial charge in [-0.3, -0.25) is 4.98 Å². The Morgan fingerprint density at radius 3 is 2.47 bits per heavy atom. The number of rotatable bonds is 2. The van der Waals surface area contributed by atoms with E-state index >= 15 is 0 Å². The van der Waals surface area contributed by atoms with Gasteiger partial charge in [-0.05, 0) is 23.3 Å². The van der Waals surface area contributed by atoms with Crippen LogP contribution in [0.3, 0.4) is 0 Å². The molecule has 2 N–H and O–H groups in total. The summed E-state index contributed by atoms with van der Waals surface area (Å²) in [6, 6.07) is 18.0. The molecule has 0 aliphatic heterocycles. The second-order valence-electron chi connectivity index (χ2n) is 4.42. The summed E-state index contributed by atoms with van der Waals surface area (Å²) < 4.78 is 1.02. The Balaban J connectivity index is 2.17. The molecule has 0 aliphatic carbocycles. The minimum Gasteiger partial charge on any atom is -0.320 e. The van der Waals surface area contributed by atoms with Crippen LogP contribution in [0.2, 0.25) is 0 Å². The number of halogens is 1.